The van der Waals surface area contributed by atoms with Gasteiger partial charge < -0.3 is 15.2 Å². The van der Waals surface area contributed by atoms with Crippen LogP contribution in [0.15, 0.2) is 24.5 Å². The van der Waals surface area contributed by atoms with Gasteiger partial charge in [-0.05, 0) is 18.2 Å². The largest absolute Gasteiger partial charge is 0.475 e. The predicted octanol–water partition coefficient (Wildman–Crippen LogP) is 0.648. The second kappa shape index (κ2) is 5.57. The minimum atomic E-state index is -0.927. The molecule has 1 aromatic heterocycles. The number of nitrogens with zero attached hydrogens (tertiary/aromatic N) is 2. The molecule has 1 aromatic carbocycles. The standard InChI is InChI=1S/C12H12FN3O3/c1-18-12(17)9(14)5-19-11-8-4-7(13)2-3-10(8)15-6-16-11/h2-4,6,9H,5,14H2,1H3. The first kappa shape index (κ1) is 13.2. The minimum absolute atomic E-state index is 0.116. The van der Waals surface area contributed by atoms with E-state index in [0.717, 1.165) is 0 Å². The highest BCUT2D eigenvalue weighted by Crippen LogP contribution is 2.22. The van der Waals surface area contributed by atoms with Crippen molar-refractivity contribution in [1.82, 2.24) is 9.97 Å². The maximum atomic E-state index is 13.2. The van der Waals surface area contributed by atoms with Crippen LogP contribution in [0.4, 0.5) is 4.39 Å². The minimum Gasteiger partial charge on any atom is -0.475 e. The predicted molar refractivity (Wildman–Crippen MR) is 65.0 cm³/mol. The second-order valence-electron chi connectivity index (χ2n) is 3.78. The van der Waals surface area contributed by atoms with Crippen molar-refractivity contribution in [2.75, 3.05) is 13.7 Å². The Bertz CT molecular complexity index is 606. The Kier molecular flexibility index (Phi) is 3.86. The smallest absolute Gasteiger partial charge is 0.326 e. The Labute approximate surface area is 108 Å². The lowest BCUT2D eigenvalue weighted by atomic mass is 10.2. The zero-order chi connectivity index (χ0) is 13.8. The van der Waals surface area contributed by atoms with Gasteiger partial charge in [-0.2, -0.15) is 0 Å². The quantitative estimate of drug-likeness (QED) is 0.816. The number of benzene rings is 1. The van der Waals surface area contributed by atoms with Gasteiger partial charge in [-0.3, -0.25) is 4.79 Å². The first-order chi connectivity index (χ1) is 9.11. The second-order valence-corrected chi connectivity index (χ2v) is 3.78. The highest BCUT2D eigenvalue weighted by Gasteiger charge is 2.15. The molecule has 2 N–H and O–H groups in total. The highest BCUT2D eigenvalue weighted by atomic mass is 19.1. The van der Waals surface area contributed by atoms with Crippen LogP contribution >= 0.6 is 0 Å². The van der Waals surface area contributed by atoms with Gasteiger partial charge in [0.05, 0.1) is 18.0 Å². The van der Waals surface area contributed by atoms with Gasteiger partial charge in [-0.1, -0.05) is 0 Å². The zero-order valence-corrected chi connectivity index (χ0v) is 10.2. The molecule has 0 spiro atoms. The number of fused-ring (bicyclic) bond motifs is 1. The van der Waals surface area contributed by atoms with Crippen molar-refractivity contribution in [2.24, 2.45) is 5.73 Å². The van der Waals surface area contributed by atoms with Crippen molar-refractivity contribution in [2.45, 2.75) is 6.04 Å². The summed E-state index contributed by atoms with van der Waals surface area (Å²) in [6.07, 6.45) is 1.29. The molecule has 0 saturated heterocycles. The number of aromatic nitrogens is 2. The van der Waals surface area contributed by atoms with E-state index in [4.69, 9.17) is 10.5 Å². The van der Waals surface area contributed by atoms with Gasteiger partial charge in [-0.15, -0.1) is 0 Å². The summed E-state index contributed by atoms with van der Waals surface area (Å²) in [7, 11) is 1.23. The van der Waals surface area contributed by atoms with Crippen molar-refractivity contribution in [3.63, 3.8) is 0 Å². The number of carbonyl (C=O) groups excluding carboxylic acids is 1. The van der Waals surface area contributed by atoms with Crippen molar-refractivity contribution < 1.29 is 18.7 Å². The summed E-state index contributed by atoms with van der Waals surface area (Å²) in [5.41, 5.74) is 6.07. The topological polar surface area (TPSA) is 87.3 Å². The molecule has 2 aromatic rings. The van der Waals surface area contributed by atoms with Gasteiger partial charge in [0.2, 0.25) is 5.88 Å². The molecular formula is C12H12FN3O3. The zero-order valence-electron chi connectivity index (χ0n) is 10.2. The number of esters is 1. The number of ether oxygens (including phenoxy) is 2. The number of carbonyl (C=O) groups is 1. The van der Waals surface area contributed by atoms with E-state index in [9.17, 15) is 9.18 Å². The van der Waals surface area contributed by atoms with Gasteiger partial charge >= 0.3 is 5.97 Å². The molecule has 7 heteroatoms. The molecule has 1 heterocycles. The van der Waals surface area contributed by atoms with Crippen LogP contribution in [0.2, 0.25) is 0 Å². The molecule has 100 valence electrons. The molecule has 0 fully saturated rings. The molecule has 0 aliphatic heterocycles. The number of rotatable bonds is 4. The molecular weight excluding hydrogens is 253 g/mol. The fourth-order valence-corrected chi connectivity index (χ4v) is 1.51. The monoisotopic (exact) mass is 265 g/mol. The molecule has 0 aliphatic rings. The fraction of sp³-hybridized carbons (Fsp3) is 0.250. The van der Waals surface area contributed by atoms with E-state index in [0.29, 0.717) is 10.9 Å². The first-order valence-electron chi connectivity index (χ1n) is 5.48. The van der Waals surface area contributed by atoms with Crippen LogP contribution in [-0.2, 0) is 9.53 Å². The summed E-state index contributed by atoms with van der Waals surface area (Å²) >= 11 is 0. The molecule has 0 aliphatic carbocycles. The summed E-state index contributed by atoms with van der Waals surface area (Å²) in [5.74, 6) is -0.849. The number of hydrogen-bond donors (Lipinski definition) is 1. The number of halogens is 1. The summed E-state index contributed by atoms with van der Waals surface area (Å²) in [6, 6.07) is 3.14. The maximum Gasteiger partial charge on any atom is 0.326 e. The molecule has 0 amide bonds. The molecule has 0 bridgehead atoms. The van der Waals surface area contributed by atoms with E-state index in [2.05, 4.69) is 14.7 Å². The average Bonchev–Trinajstić information content (AvgIpc) is 2.43. The van der Waals surface area contributed by atoms with Crippen LogP contribution in [0.1, 0.15) is 0 Å². The maximum absolute atomic E-state index is 13.2. The molecule has 0 saturated carbocycles. The van der Waals surface area contributed by atoms with Crippen molar-refractivity contribution in [3.8, 4) is 5.88 Å². The van der Waals surface area contributed by atoms with Gasteiger partial charge in [-0.25, -0.2) is 14.4 Å². The third-order valence-electron chi connectivity index (χ3n) is 2.46. The van der Waals surface area contributed by atoms with Gasteiger partial charge in [0, 0.05) is 0 Å². The fourth-order valence-electron chi connectivity index (χ4n) is 1.51. The average molecular weight is 265 g/mol. The Hall–Kier alpha value is -2.28. The lowest BCUT2D eigenvalue weighted by molar-refractivity contribution is -0.142. The number of hydrogen-bond acceptors (Lipinski definition) is 6. The lowest BCUT2D eigenvalue weighted by Crippen LogP contribution is -2.37. The van der Waals surface area contributed by atoms with E-state index in [1.54, 1.807) is 0 Å². The van der Waals surface area contributed by atoms with Crippen LogP contribution in [0.3, 0.4) is 0 Å². The summed E-state index contributed by atoms with van der Waals surface area (Å²) in [6.45, 7) is -0.116. The van der Waals surface area contributed by atoms with Crippen molar-refractivity contribution in [1.29, 1.82) is 0 Å². The Balaban J connectivity index is 2.21. The van der Waals surface area contributed by atoms with Gasteiger partial charge in [0.1, 0.15) is 24.8 Å². The Morgan fingerprint density at radius 3 is 3.00 bits per heavy atom. The third-order valence-corrected chi connectivity index (χ3v) is 2.46. The summed E-state index contributed by atoms with van der Waals surface area (Å²) < 4.78 is 23.0. The molecule has 1 atom stereocenters. The third kappa shape index (κ3) is 2.94. The molecule has 6 nitrogen and oxygen atoms in total. The normalized spacial score (nSPS) is 12.2. The molecule has 0 radical (unpaired) electrons. The van der Waals surface area contributed by atoms with Crippen LogP contribution in [0, 0.1) is 5.82 Å². The van der Waals surface area contributed by atoms with Gasteiger partial charge in [0.25, 0.3) is 0 Å². The van der Waals surface area contributed by atoms with Gasteiger partial charge in [0.15, 0.2) is 0 Å². The van der Waals surface area contributed by atoms with Crippen molar-refractivity contribution >= 4 is 16.9 Å². The lowest BCUT2D eigenvalue weighted by Gasteiger charge is -2.11. The first-order valence-corrected chi connectivity index (χ1v) is 5.48. The summed E-state index contributed by atoms with van der Waals surface area (Å²) in [4.78, 5) is 19.0. The Morgan fingerprint density at radius 2 is 2.26 bits per heavy atom. The van der Waals surface area contributed by atoms with Crippen molar-refractivity contribution in [3.05, 3.63) is 30.3 Å². The van der Waals surface area contributed by atoms with Crippen LogP contribution in [0.5, 0.6) is 5.88 Å². The number of nitrogens with two attached hydrogens (primary N) is 1. The highest BCUT2D eigenvalue weighted by molar-refractivity contribution is 5.83. The van der Waals surface area contributed by atoms with Crippen LogP contribution < -0.4 is 10.5 Å². The van der Waals surface area contributed by atoms with Crippen LogP contribution in [-0.4, -0.2) is 35.7 Å². The SMILES string of the molecule is COC(=O)C(N)COc1ncnc2ccc(F)cc12. The van der Waals surface area contributed by atoms with E-state index in [-0.39, 0.29) is 12.5 Å². The van der Waals surface area contributed by atoms with E-state index in [1.807, 2.05) is 0 Å². The summed E-state index contributed by atoms with van der Waals surface area (Å²) in [5, 5.41) is 0.416. The number of methoxy groups -OCH3 is 1. The molecule has 2 rings (SSSR count). The Morgan fingerprint density at radius 1 is 1.47 bits per heavy atom. The molecule has 19 heavy (non-hydrogen) atoms. The molecule has 1 unspecified atom stereocenters. The van der Waals surface area contributed by atoms with E-state index >= 15 is 0 Å². The van der Waals surface area contributed by atoms with Crippen LogP contribution in [0.25, 0.3) is 10.9 Å². The van der Waals surface area contributed by atoms with E-state index in [1.165, 1.54) is 31.6 Å². The van der Waals surface area contributed by atoms with E-state index < -0.39 is 17.8 Å².